The Morgan fingerprint density at radius 1 is 1.12 bits per heavy atom. The average molecular weight is 441 g/mol. The molecule has 5 rings (SSSR count). The van der Waals surface area contributed by atoms with Gasteiger partial charge >= 0.3 is 5.97 Å². The first kappa shape index (κ1) is 20.7. The third kappa shape index (κ3) is 3.69. The Kier molecular flexibility index (Phi) is 5.05. The van der Waals surface area contributed by atoms with Gasteiger partial charge in [-0.15, -0.1) is 5.10 Å². The van der Waals surface area contributed by atoms with Crippen molar-refractivity contribution in [1.29, 1.82) is 0 Å². The molecule has 0 aliphatic heterocycles. The van der Waals surface area contributed by atoms with Crippen LogP contribution in [0.5, 0.6) is 0 Å². The first-order valence-electron chi connectivity index (χ1n) is 10.8. The zero-order valence-corrected chi connectivity index (χ0v) is 18.7. The van der Waals surface area contributed by atoms with E-state index in [4.69, 9.17) is 15.5 Å². The van der Waals surface area contributed by atoms with E-state index in [0.717, 1.165) is 33.5 Å². The second-order valence-electron chi connectivity index (χ2n) is 8.25. The van der Waals surface area contributed by atoms with E-state index in [-0.39, 0.29) is 18.6 Å². The topological polar surface area (TPSA) is 100 Å². The van der Waals surface area contributed by atoms with Crippen LogP contribution in [0.1, 0.15) is 41.6 Å². The molecule has 3 aromatic heterocycles. The lowest BCUT2D eigenvalue weighted by molar-refractivity contribution is 0.0475. The van der Waals surface area contributed by atoms with Crippen LogP contribution >= 0.6 is 0 Å². The number of esters is 1. The Hall–Kier alpha value is -4.20. The first-order chi connectivity index (χ1) is 15.9. The number of anilines is 1. The summed E-state index contributed by atoms with van der Waals surface area (Å²) in [7, 11) is 0. The largest absolute Gasteiger partial charge is 0.457 e. The zero-order chi connectivity index (χ0) is 23.1. The molecule has 0 radical (unpaired) electrons. The molecular formula is C25H24N6O2. The van der Waals surface area contributed by atoms with Gasteiger partial charge < -0.3 is 15.0 Å². The maximum Gasteiger partial charge on any atom is 0.340 e. The Morgan fingerprint density at radius 2 is 1.91 bits per heavy atom. The van der Waals surface area contributed by atoms with Crippen LogP contribution in [-0.2, 0) is 11.3 Å². The third-order valence-electron chi connectivity index (χ3n) is 5.67. The average Bonchev–Trinajstić information content (AvgIpc) is 3.37. The normalized spacial score (nSPS) is 11.5. The molecule has 0 aliphatic carbocycles. The Bertz CT molecular complexity index is 1480. The molecule has 2 N–H and O–H groups in total. The Balaban J connectivity index is 1.65. The molecule has 8 heteroatoms. The minimum Gasteiger partial charge on any atom is -0.457 e. The van der Waals surface area contributed by atoms with E-state index < -0.39 is 5.97 Å². The monoisotopic (exact) mass is 440 g/mol. The third-order valence-corrected chi connectivity index (χ3v) is 5.67. The summed E-state index contributed by atoms with van der Waals surface area (Å²) < 4.78 is 9.48. The van der Waals surface area contributed by atoms with Gasteiger partial charge in [-0.05, 0) is 50.1 Å². The van der Waals surface area contributed by atoms with Crippen molar-refractivity contribution in [1.82, 2.24) is 24.1 Å². The first-order valence-corrected chi connectivity index (χ1v) is 10.8. The number of hydrogen-bond acceptors (Lipinski definition) is 6. The van der Waals surface area contributed by atoms with Crippen molar-refractivity contribution < 1.29 is 9.53 Å². The number of nitrogen functional groups attached to an aromatic ring is 1. The molecule has 8 nitrogen and oxygen atoms in total. The zero-order valence-electron chi connectivity index (χ0n) is 18.7. The lowest BCUT2D eigenvalue weighted by Gasteiger charge is -2.13. The predicted molar refractivity (Wildman–Crippen MR) is 127 cm³/mol. The molecule has 2 aromatic carbocycles. The van der Waals surface area contributed by atoms with Crippen LogP contribution in [0, 0.1) is 6.92 Å². The summed E-state index contributed by atoms with van der Waals surface area (Å²) in [4.78, 5) is 22.1. The molecular weight excluding hydrogens is 416 g/mol. The van der Waals surface area contributed by atoms with Crippen LogP contribution in [0.4, 0.5) is 5.95 Å². The van der Waals surface area contributed by atoms with Crippen molar-refractivity contribution in [2.75, 3.05) is 5.73 Å². The van der Waals surface area contributed by atoms with E-state index in [1.807, 2.05) is 55.6 Å². The fourth-order valence-corrected chi connectivity index (χ4v) is 4.23. The highest BCUT2D eigenvalue weighted by atomic mass is 16.5. The summed E-state index contributed by atoms with van der Waals surface area (Å²) in [6, 6.07) is 15.6. The van der Waals surface area contributed by atoms with E-state index >= 15 is 0 Å². The van der Waals surface area contributed by atoms with Gasteiger partial charge in [0.25, 0.3) is 0 Å². The second kappa shape index (κ2) is 8.05. The van der Waals surface area contributed by atoms with Crippen molar-refractivity contribution in [3.63, 3.8) is 0 Å². The number of imidazole rings is 1. The number of benzene rings is 2. The predicted octanol–water partition coefficient (Wildman–Crippen LogP) is 4.57. The van der Waals surface area contributed by atoms with Gasteiger partial charge in [-0.25, -0.2) is 19.3 Å². The SMILES string of the molecule is Cc1nc2c(C(=O)OCc3ccccc3)cc(-c3ccn4nc(N)ncc34)cc2n1C(C)C. The fraction of sp³-hybridized carbons (Fsp3) is 0.200. The summed E-state index contributed by atoms with van der Waals surface area (Å²) in [5.74, 6) is 0.619. The molecule has 0 amide bonds. The molecule has 0 spiro atoms. The van der Waals surface area contributed by atoms with Crippen molar-refractivity contribution in [3.05, 3.63) is 77.9 Å². The maximum atomic E-state index is 13.2. The highest BCUT2D eigenvalue weighted by Crippen LogP contribution is 2.33. The highest BCUT2D eigenvalue weighted by molar-refractivity contribution is 6.05. The van der Waals surface area contributed by atoms with Crippen LogP contribution < -0.4 is 5.73 Å². The number of aryl methyl sites for hydroxylation is 1. The molecule has 5 aromatic rings. The van der Waals surface area contributed by atoms with Gasteiger partial charge in [-0.1, -0.05) is 30.3 Å². The van der Waals surface area contributed by atoms with E-state index in [2.05, 4.69) is 34.6 Å². The van der Waals surface area contributed by atoms with Crippen molar-refractivity contribution in [2.45, 2.75) is 33.4 Å². The molecule has 3 heterocycles. The van der Waals surface area contributed by atoms with Crippen molar-refractivity contribution >= 4 is 28.5 Å². The van der Waals surface area contributed by atoms with Crippen LogP contribution in [0.15, 0.2) is 60.9 Å². The molecule has 33 heavy (non-hydrogen) atoms. The van der Waals surface area contributed by atoms with Crippen molar-refractivity contribution in [3.8, 4) is 11.1 Å². The van der Waals surface area contributed by atoms with Gasteiger partial charge in [0, 0.05) is 17.8 Å². The Morgan fingerprint density at radius 3 is 2.67 bits per heavy atom. The number of ether oxygens (including phenoxy) is 1. The number of hydrogen-bond donors (Lipinski definition) is 1. The van der Waals surface area contributed by atoms with Crippen LogP contribution in [0.2, 0.25) is 0 Å². The lowest BCUT2D eigenvalue weighted by atomic mass is 10.0. The molecule has 0 atom stereocenters. The molecule has 0 aliphatic rings. The Labute approximate surface area is 190 Å². The van der Waals surface area contributed by atoms with Gasteiger partial charge in [0.15, 0.2) is 0 Å². The van der Waals surface area contributed by atoms with Gasteiger partial charge in [0.05, 0.1) is 22.8 Å². The molecule has 0 fully saturated rings. The number of nitrogens with two attached hydrogens (primary N) is 1. The van der Waals surface area contributed by atoms with Gasteiger partial charge in [0.2, 0.25) is 5.95 Å². The fourth-order valence-electron chi connectivity index (χ4n) is 4.23. The molecule has 0 bridgehead atoms. The number of carbonyl (C=O) groups excluding carboxylic acids is 1. The number of nitrogens with zero attached hydrogens (tertiary/aromatic N) is 5. The van der Waals surface area contributed by atoms with E-state index in [1.165, 1.54) is 0 Å². The number of aromatic nitrogens is 5. The smallest absolute Gasteiger partial charge is 0.340 e. The van der Waals surface area contributed by atoms with Gasteiger partial charge in [0.1, 0.15) is 17.9 Å². The quantitative estimate of drug-likeness (QED) is 0.402. The molecule has 166 valence electrons. The van der Waals surface area contributed by atoms with E-state index in [1.54, 1.807) is 10.7 Å². The summed E-state index contributed by atoms with van der Waals surface area (Å²) in [5, 5.41) is 4.23. The minimum absolute atomic E-state index is 0.173. The second-order valence-corrected chi connectivity index (χ2v) is 8.25. The van der Waals surface area contributed by atoms with Crippen molar-refractivity contribution in [2.24, 2.45) is 0 Å². The van der Waals surface area contributed by atoms with Crippen LogP contribution in [0.3, 0.4) is 0 Å². The lowest BCUT2D eigenvalue weighted by Crippen LogP contribution is -2.07. The molecule has 0 unspecified atom stereocenters. The van der Waals surface area contributed by atoms with Crippen LogP contribution in [0.25, 0.3) is 27.7 Å². The number of fused-ring (bicyclic) bond motifs is 2. The minimum atomic E-state index is -0.414. The maximum absolute atomic E-state index is 13.2. The van der Waals surface area contributed by atoms with Crippen LogP contribution in [-0.4, -0.2) is 30.1 Å². The highest BCUT2D eigenvalue weighted by Gasteiger charge is 2.21. The molecule has 0 saturated heterocycles. The summed E-state index contributed by atoms with van der Waals surface area (Å²) in [6.45, 7) is 6.33. The molecule has 0 saturated carbocycles. The number of rotatable bonds is 5. The van der Waals surface area contributed by atoms with E-state index in [0.29, 0.717) is 11.1 Å². The van der Waals surface area contributed by atoms with E-state index in [9.17, 15) is 4.79 Å². The number of carbonyl (C=O) groups is 1. The van der Waals surface area contributed by atoms with Gasteiger partial charge in [-0.2, -0.15) is 0 Å². The van der Waals surface area contributed by atoms with Gasteiger partial charge in [-0.3, -0.25) is 0 Å². The summed E-state index contributed by atoms with van der Waals surface area (Å²) in [6.07, 6.45) is 3.51. The summed E-state index contributed by atoms with van der Waals surface area (Å²) in [5.41, 5.74) is 11.1. The standard InChI is InChI=1S/C25H24N6O2/c1-15(2)31-16(3)28-23-20(24(32)33-14-17-7-5-4-6-8-17)11-18(12-21(23)31)19-9-10-30-22(19)13-27-25(26)29-30/h4-13,15H,14H2,1-3H3,(H2,26,29). The summed E-state index contributed by atoms with van der Waals surface area (Å²) >= 11 is 0.